The van der Waals surface area contributed by atoms with Gasteiger partial charge in [0.1, 0.15) is 16.2 Å². The van der Waals surface area contributed by atoms with Gasteiger partial charge in [-0.3, -0.25) is 9.48 Å². The summed E-state index contributed by atoms with van der Waals surface area (Å²) in [5, 5.41) is 5.42. The summed E-state index contributed by atoms with van der Waals surface area (Å²) >= 11 is 1.64. The monoisotopic (exact) mass is 315 g/mol. The maximum Gasteiger partial charge on any atom is 0.262 e. The fourth-order valence-corrected chi connectivity index (χ4v) is 2.87. The van der Waals surface area contributed by atoms with Gasteiger partial charge in [0.05, 0.1) is 6.20 Å². The Kier molecular flexibility index (Phi) is 3.44. The smallest absolute Gasteiger partial charge is 0.262 e. The number of nitrogens with zero attached hydrogens (tertiary/aromatic N) is 4. The molecule has 3 heterocycles. The number of aromatic nitrogens is 5. The van der Waals surface area contributed by atoms with Crippen molar-refractivity contribution in [3.05, 3.63) is 38.5 Å². The Morgan fingerprint density at radius 2 is 2.05 bits per heavy atom. The molecular formula is C15H17N5OS. The van der Waals surface area contributed by atoms with Crippen LogP contribution in [-0.2, 0) is 12.5 Å². The Bertz CT molecular complexity index is 910. The summed E-state index contributed by atoms with van der Waals surface area (Å²) in [5.74, 6) is 0.494. The molecule has 0 atom stereocenters. The molecule has 0 saturated heterocycles. The number of hydrogen-bond acceptors (Lipinski definition) is 5. The van der Waals surface area contributed by atoms with Gasteiger partial charge in [-0.15, -0.1) is 11.3 Å². The standard InChI is InChI=1S/C15H17N5OS/c1-15(2,3)10-8-16-12(22-10)6-5-11-18-13-9(14(21)19-11)7-17-20(13)4/h5-8H,1-4H3,(H,18,19,21)/b6-5+. The number of aromatic amines is 1. The fraction of sp³-hybridized carbons (Fsp3) is 0.333. The normalized spacial score (nSPS) is 12.5. The highest BCUT2D eigenvalue weighted by molar-refractivity contribution is 7.12. The second-order valence-electron chi connectivity index (χ2n) is 6.10. The number of H-pyrrole nitrogens is 1. The molecule has 22 heavy (non-hydrogen) atoms. The van der Waals surface area contributed by atoms with Gasteiger partial charge < -0.3 is 4.98 Å². The topological polar surface area (TPSA) is 76.5 Å². The molecule has 0 unspecified atom stereocenters. The minimum atomic E-state index is -0.188. The second kappa shape index (κ2) is 5.17. The number of rotatable bonds is 2. The van der Waals surface area contributed by atoms with Crippen LogP contribution in [0.15, 0.2) is 17.2 Å². The van der Waals surface area contributed by atoms with Crippen LogP contribution in [0.3, 0.4) is 0 Å². The highest BCUT2D eigenvalue weighted by Crippen LogP contribution is 2.28. The molecule has 114 valence electrons. The predicted molar refractivity (Wildman–Crippen MR) is 88.9 cm³/mol. The molecule has 0 aliphatic rings. The van der Waals surface area contributed by atoms with Crippen molar-refractivity contribution in [3.63, 3.8) is 0 Å². The van der Waals surface area contributed by atoms with Crippen molar-refractivity contribution in [1.82, 2.24) is 24.7 Å². The van der Waals surface area contributed by atoms with Gasteiger partial charge in [0.2, 0.25) is 0 Å². The Morgan fingerprint density at radius 3 is 2.73 bits per heavy atom. The Balaban J connectivity index is 1.94. The first kappa shape index (κ1) is 14.6. The van der Waals surface area contributed by atoms with E-state index in [1.165, 1.54) is 11.1 Å². The highest BCUT2D eigenvalue weighted by atomic mass is 32.1. The summed E-state index contributed by atoms with van der Waals surface area (Å²) < 4.78 is 1.59. The third kappa shape index (κ3) is 2.71. The van der Waals surface area contributed by atoms with Crippen molar-refractivity contribution in [3.8, 4) is 0 Å². The van der Waals surface area contributed by atoms with Crippen LogP contribution < -0.4 is 5.56 Å². The predicted octanol–water partition coefficient (Wildman–Crippen LogP) is 2.58. The molecule has 6 nitrogen and oxygen atoms in total. The van der Waals surface area contributed by atoms with Crippen LogP contribution in [0, 0.1) is 0 Å². The van der Waals surface area contributed by atoms with E-state index in [1.807, 2.05) is 12.3 Å². The minimum Gasteiger partial charge on any atom is -0.306 e. The van der Waals surface area contributed by atoms with Crippen molar-refractivity contribution in [2.75, 3.05) is 0 Å². The first-order valence-corrected chi connectivity index (χ1v) is 7.72. The molecule has 0 aliphatic carbocycles. The molecule has 0 aliphatic heterocycles. The van der Waals surface area contributed by atoms with Crippen LogP contribution in [0.1, 0.15) is 36.5 Å². The molecule has 3 rings (SSSR count). The third-order valence-electron chi connectivity index (χ3n) is 3.27. The lowest BCUT2D eigenvalue weighted by Crippen LogP contribution is -2.09. The molecule has 0 saturated carbocycles. The minimum absolute atomic E-state index is 0.0872. The number of nitrogens with one attached hydrogen (secondary N) is 1. The van der Waals surface area contributed by atoms with E-state index in [0.717, 1.165) is 5.01 Å². The van der Waals surface area contributed by atoms with Gasteiger partial charge in [-0.2, -0.15) is 5.10 Å². The zero-order valence-electron chi connectivity index (χ0n) is 12.9. The van der Waals surface area contributed by atoms with Crippen molar-refractivity contribution >= 4 is 34.5 Å². The first-order chi connectivity index (χ1) is 10.3. The summed E-state index contributed by atoms with van der Waals surface area (Å²) in [6, 6.07) is 0. The van der Waals surface area contributed by atoms with Crippen LogP contribution >= 0.6 is 11.3 Å². The molecule has 0 amide bonds. The maximum atomic E-state index is 12.0. The number of thiazole rings is 1. The second-order valence-corrected chi connectivity index (χ2v) is 7.16. The molecule has 7 heteroatoms. The van der Waals surface area contributed by atoms with Crippen molar-refractivity contribution in [2.45, 2.75) is 26.2 Å². The van der Waals surface area contributed by atoms with E-state index in [2.05, 4.69) is 40.8 Å². The maximum absolute atomic E-state index is 12.0. The average molecular weight is 315 g/mol. The lowest BCUT2D eigenvalue weighted by Gasteiger charge is -2.14. The number of aryl methyl sites for hydroxylation is 1. The molecular weight excluding hydrogens is 298 g/mol. The fourth-order valence-electron chi connectivity index (χ4n) is 1.99. The third-order valence-corrected chi connectivity index (χ3v) is 4.65. The summed E-state index contributed by atoms with van der Waals surface area (Å²) in [6.07, 6.45) is 7.04. The van der Waals surface area contributed by atoms with Crippen molar-refractivity contribution in [2.24, 2.45) is 7.05 Å². The number of hydrogen-bond donors (Lipinski definition) is 1. The van der Waals surface area contributed by atoms with Crippen LogP contribution in [-0.4, -0.2) is 24.7 Å². The largest absolute Gasteiger partial charge is 0.306 e. The first-order valence-electron chi connectivity index (χ1n) is 6.91. The Morgan fingerprint density at radius 1 is 1.27 bits per heavy atom. The SMILES string of the molecule is Cn1ncc2c(=O)[nH]c(/C=C/c3ncc(C(C)(C)C)s3)nc21. The van der Waals surface area contributed by atoms with Crippen LogP contribution in [0.5, 0.6) is 0 Å². The summed E-state index contributed by atoms with van der Waals surface area (Å²) in [5.41, 5.74) is 0.467. The Labute approximate surface area is 131 Å². The molecule has 3 aromatic heterocycles. The average Bonchev–Trinajstić information content (AvgIpc) is 3.04. The van der Waals surface area contributed by atoms with Gasteiger partial charge in [-0.05, 0) is 17.6 Å². The summed E-state index contributed by atoms with van der Waals surface area (Å²) in [7, 11) is 1.76. The molecule has 0 aromatic carbocycles. The Hall–Kier alpha value is -2.28. The van der Waals surface area contributed by atoms with E-state index in [0.29, 0.717) is 16.9 Å². The van der Waals surface area contributed by atoms with Crippen molar-refractivity contribution in [1.29, 1.82) is 0 Å². The molecule has 0 fully saturated rings. The van der Waals surface area contributed by atoms with E-state index >= 15 is 0 Å². The van der Waals surface area contributed by atoms with Gasteiger partial charge in [0.25, 0.3) is 5.56 Å². The van der Waals surface area contributed by atoms with E-state index in [-0.39, 0.29) is 11.0 Å². The van der Waals surface area contributed by atoms with Crippen LogP contribution in [0.2, 0.25) is 0 Å². The zero-order chi connectivity index (χ0) is 15.9. The zero-order valence-corrected chi connectivity index (χ0v) is 13.7. The number of fused-ring (bicyclic) bond motifs is 1. The van der Waals surface area contributed by atoms with Gasteiger partial charge in [-0.25, -0.2) is 9.97 Å². The lowest BCUT2D eigenvalue weighted by molar-refractivity contribution is 0.602. The molecule has 0 bridgehead atoms. The van der Waals surface area contributed by atoms with E-state index < -0.39 is 0 Å². The van der Waals surface area contributed by atoms with E-state index in [9.17, 15) is 4.79 Å². The molecule has 1 N–H and O–H groups in total. The van der Waals surface area contributed by atoms with Gasteiger partial charge >= 0.3 is 0 Å². The van der Waals surface area contributed by atoms with Gasteiger partial charge in [0.15, 0.2) is 5.65 Å². The quantitative estimate of drug-likeness (QED) is 0.788. The molecule has 0 radical (unpaired) electrons. The van der Waals surface area contributed by atoms with Gasteiger partial charge in [-0.1, -0.05) is 20.8 Å². The van der Waals surface area contributed by atoms with E-state index in [4.69, 9.17) is 0 Å². The lowest BCUT2D eigenvalue weighted by atomic mass is 9.96. The summed E-state index contributed by atoms with van der Waals surface area (Å²) in [4.78, 5) is 24.7. The van der Waals surface area contributed by atoms with Crippen LogP contribution in [0.25, 0.3) is 23.2 Å². The van der Waals surface area contributed by atoms with Gasteiger partial charge in [0, 0.05) is 18.1 Å². The van der Waals surface area contributed by atoms with Crippen LogP contribution in [0.4, 0.5) is 0 Å². The van der Waals surface area contributed by atoms with E-state index in [1.54, 1.807) is 29.1 Å². The summed E-state index contributed by atoms with van der Waals surface area (Å²) in [6.45, 7) is 6.47. The highest BCUT2D eigenvalue weighted by Gasteiger charge is 2.16. The van der Waals surface area contributed by atoms with Crippen molar-refractivity contribution < 1.29 is 0 Å². The molecule has 3 aromatic rings. The molecule has 0 spiro atoms.